The molecule has 2 aromatic rings. The largest absolute Gasteiger partial charge is 0.287 e. The Bertz CT molecular complexity index is 863. The topological polar surface area (TPSA) is 58.7 Å². The van der Waals surface area contributed by atoms with Crippen molar-refractivity contribution >= 4 is 22.7 Å². The molecule has 4 nitrogen and oxygen atoms in total. The smallest absolute Gasteiger partial charge is 0.262 e. The predicted octanol–water partition coefficient (Wildman–Crippen LogP) is 4.68. The Morgan fingerprint density at radius 1 is 1.28 bits per heavy atom. The number of hydrogen-bond donors (Lipinski definition) is 0. The van der Waals surface area contributed by atoms with Gasteiger partial charge < -0.3 is 0 Å². The normalized spacial score (nSPS) is 14.3. The Labute approximate surface area is 152 Å². The van der Waals surface area contributed by atoms with E-state index in [9.17, 15) is 4.79 Å². The molecule has 0 spiro atoms. The molecule has 0 saturated heterocycles. The maximum absolute atomic E-state index is 12.9. The number of allylic oxidation sites excluding steroid dienone is 2. The molecular weight excluding hydrogens is 330 g/mol. The van der Waals surface area contributed by atoms with Gasteiger partial charge in [-0.15, -0.1) is 0 Å². The lowest BCUT2D eigenvalue weighted by molar-refractivity contribution is 0.569. The zero-order valence-corrected chi connectivity index (χ0v) is 15.2. The van der Waals surface area contributed by atoms with E-state index >= 15 is 0 Å². The lowest BCUT2D eigenvalue weighted by Crippen LogP contribution is -2.24. The highest BCUT2D eigenvalue weighted by Gasteiger charge is 2.12. The van der Waals surface area contributed by atoms with Crippen molar-refractivity contribution in [1.29, 1.82) is 5.26 Å². The van der Waals surface area contributed by atoms with Gasteiger partial charge in [0.05, 0.1) is 17.0 Å². The maximum atomic E-state index is 12.9. The summed E-state index contributed by atoms with van der Waals surface area (Å²) in [5.41, 5.74) is 2.26. The summed E-state index contributed by atoms with van der Waals surface area (Å²) in [6.45, 7) is 0.684. The maximum Gasteiger partial charge on any atom is 0.262 e. The van der Waals surface area contributed by atoms with Gasteiger partial charge in [0.25, 0.3) is 5.56 Å². The summed E-state index contributed by atoms with van der Waals surface area (Å²) in [4.78, 5) is 17.7. The van der Waals surface area contributed by atoms with E-state index in [2.05, 4.69) is 12.1 Å². The lowest BCUT2D eigenvalue weighted by atomic mass is 9.97. The van der Waals surface area contributed by atoms with Gasteiger partial charge in [0, 0.05) is 18.7 Å². The molecule has 0 atom stereocenters. The van der Waals surface area contributed by atoms with Crippen LogP contribution in [0.1, 0.15) is 44.9 Å². The van der Waals surface area contributed by atoms with Gasteiger partial charge in [-0.05, 0) is 50.7 Å². The van der Waals surface area contributed by atoms with Gasteiger partial charge in [-0.25, -0.2) is 4.98 Å². The minimum Gasteiger partial charge on any atom is -0.287 e. The fraction of sp³-hybridized carbons (Fsp3) is 0.450. The standard InChI is InChI=1S/C20H23N3OS/c21-13-6-7-15-25-20-22-18-11-5-4-10-17(18)19(24)23(20)14-12-16-8-2-1-3-9-16/h4-5,8,10-11H,1-3,6-7,9,12,14-15H2. The van der Waals surface area contributed by atoms with Gasteiger partial charge in [-0.1, -0.05) is 35.5 Å². The second-order valence-electron chi connectivity index (χ2n) is 6.34. The zero-order chi connectivity index (χ0) is 17.5. The van der Waals surface area contributed by atoms with E-state index in [-0.39, 0.29) is 5.56 Å². The van der Waals surface area contributed by atoms with E-state index in [0.717, 1.165) is 42.1 Å². The molecule has 5 heteroatoms. The first kappa shape index (κ1) is 17.8. The highest BCUT2D eigenvalue weighted by Crippen LogP contribution is 2.23. The first-order valence-corrected chi connectivity index (χ1v) is 9.95. The molecule has 1 aliphatic rings. The molecule has 0 N–H and O–H groups in total. The molecule has 0 radical (unpaired) electrons. The van der Waals surface area contributed by atoms with Crippen LogP contribution in [0.3, 0.4) is 0 Å². The number of nitriles is 1. The first-order valence-electron chi connectivity index (χ1n) is 8.97. The SMILES string of the molecule is N#CCCCSc1nc2ccccc2c(=O)n1CCC1=CCCCC1. The molecule has 0 fully saturated rings. The first-order chi connectivity index (χ1) is 12.3. The highest BCUT2D eigenvalue weighted by molar-refractivity contribution is 7.99. The van der Waals surface area contributed by atoms with Crippen molar-refractivity contribution in [3.8, 4) is 6.07 Å². The van der Waals surface area contributed by atoms with Crippen molar-refractivity contribution in [3.63, 3.8) is 0 Å². The van der Waals surface area contributed by atoms with Crippen LogP contribution in [0.4, 0.5) is 0 Å². The Morgan fingerprint density at radius 2 is 2.16 bits per heavy atom. The van der Waals surface area contributed by atoms with E-state index in [0.29, 0.717) is 18.4 Å². The summed E-state index contributed by atoms with van der Waals surface area (Å²) in [5, 5.41) is 10.2. The summed E-state index contributed by atoms with van der Waals surface area (Å²) in [6, 6.07) is 9.71. The van der Waals surface area contributed by atoms with Gasteiger partial charge in [-0.2, -0.15) is 5.26 Å². The van der Waals surface area contributed by atoms with Crippen LogP contribution in [-0.2, 0) is 6.54 Å². The lowest BCUT2D eigenvalue weighted by Gasteiger charge is -2.16. The molecule has 25 heavy (non-hydrogen) atoms. The number of hydrogen-bond acceptors (Lipinski definition) is 4. The molecule has 1 aliphatic carbocycles. The van der Waals surface area contributed by atoms with Crippen LogP contribution in [0.5, 0.6) is 0 Å². The van der Waals surface area contributed by atoms with E-state index < -0.39 is 0 Å². The summed E-state index contributed by atoms with van der Waals surface area (Å²) >= 11 is 1.58. The second kappa shape index (κ2) is 8.87. The molecule has 0 amide bonds. The predicted molar refractivity (Wildman–Crippen MR) is 103 cm³/mol. The number of rotatable bonds is 7. The fourth-order valence-corrected chi connectivity index (χ4v) is 4.12. The highest BCUT2D eigenvalue weighted by atomic mass is 32.2. The average Bonchev–Trinajstić information content (AvgIpc) is 2.66. The molecule has 0 bridgehead atoms. The molecule has 0 unspecified atom stereocenters. The van der Waals surface area contributed by atoms with Crippen molar-refractivity contribution < 1.29 is 0 Å². The number of nitrogens with zero attached hydrogens (tertiary/aromatic N) is 3. The van der Waals surface area contributed by atoms with Gasteiger partial charge in [0.1, 0.15) is 0 Å². The Balaban J connectivity index is 1.86. The van der Waals surface area contributed by atoms with Crippen molar-refractivity contribution in [2.24, 2.45) is 0 Å². The quantitative estimate of drug-likeness (QED) is 0.314. The summed E-state index contributed by atoms with van der Waals surface area (Å²) in [7, 11) is 0. The van der Waals surface area contributed by atoms with Gasteiger partial charge in [0.2, 0.25) is 0 Å². The third kappa shape index (κ3) is 4.52. The molecule has 1 heterocycles. The van der Waals surface area contributed by atoms with Crippen LogP contribution in [0.2, 0.25) is 0 Å². The number of aromatic nitrogens is 2. The Morgan fingerprint density at radius 3 is 2.96 bits per heavy atom. The van der Waals surface area contributed by atoms with E-state index in [4.69, 9.17) is 10.2 Å². The summed E-state index contributed by atoms with van der Waals surface area (Å²) in [6.07, 6.45) is 9.46. The van der Waals surface area contributed by atoms with E-state index in [1.807, 2.05) is 28.8 Å². The molecule has 3 rings (SSSR count). The number of fused-ring (bicyclic) bond motifs is 1. The number of thioether (sulfide) groups is 1. The Hall–Kier alpha value is -2.06. The van der Waals surface area contributed by atoms with Crippen LogP contribution < -0.4 is 5.56 Å². The van der Waals surface area contributed by atoms with Crippen LogP contribution in [0.15, 0.2) is 45.9 Å². The van der Waals surface area contributed by atoms with E-state index in [1.54, 1.807) is 11.8 Å². The van der Waals surface area contributed by atoms with Crippen LogP contribution in [-0.4, -0.2) is 15.3 Å². The Kier molecular flexibility index (Phi) is 6.30. The molecule has 1 aromatic carbocycles. The fourth-order valence-electron chi connectivity index (χ4n) is 3.16. The summed E-state index contributed by atoms with van der Waals surface area (Å²) < 4.78 is 1.83. The van der Waals surface area contributed by atoms with Crippen LogP contribution in [0, 0.1) is 11.3 Å². The molecular formula is C20H23N3OS. The number of para-hydroxylation sites is 1. The van der Waals surface area contributed by atoms with Crippen molar-refractivity contribution in [2.45, 2.75) is 56.6 Å². The van der Waals surface area contributed by atoms with Gasteiger partial charge >= 0.3 is 0 Å². The molecule has 1 aromatic heterocycles. The van der Waals surface area contributed by atoms with Gasteiger partial charge in [0.15, 0.2) is 5.16 Å². The minimum absolute atomic E-state index is 0.0461. The third-order valence-corrected chi connectivity index (χ3v) is 5.59. The van der Waals surface area contributed by atoms with E-state index in [1.165, 1.54) is 18.4 Å². The molecule has 0 aliphatic heterocycles. The molecule has 0 saturated carbocycles. The van der Waals surface area contributed by atoms with Crippen LogP contribution >= 0.6 is 11.8 Å². The minimum atomic E-state index is 0.0461. The van der Waals surface area contributed by atoms with Gasteiger partial charge in [-0.3, -0.25) is 9.36 Å². The third-order valence-electron chi connectivity index (χ3n) is 4.53. The van der Waals surface area contributed by atoms with Crippen molar-refractivity contribution in [3.05, 3.63) is 46.3 Å². The number of benzene rings is 1. The number of unbranched alkanes of at least 4 members (excludes halogenated alkanes) is 1. The zero-order valence-electron chi connectivity index (χ0n) is 14.4. The average molecular weight is 353 g/mol. The second-order valence-corrected chi connectivity index (χ2v) is 7.40. The monoisotopic (exact) mass is 353 g/mol. The molecule has 130 valence electrons. The van der Waals surface area contributed by atoms with Crippen molar-refractivity contribution in [2.75, 3.05) is 5.75 Å². The van der Waals surface area contributed by atoms with Crippen molar-refractivity contribution in [1.82, 2.24) is 9.55 Å². The summed E-state index contributed by atoms with van der Waals surface area (Å²) in [5.74, 6) is 0.807. The van der Waals surface area contributed by atoms with Crippen LogP contribution in [0.25, 0.3) is 10.9 Å².